The second-order valence-electron chi connectivity index (χ2n) is 6.04. The number of aldehydes is 1. The monoisotopic (exact) mass is 306 g/mol. The second-order valence-corrected chi connectivity index (χ2v) is 6.04. The fraction of sp³-hybridized carbons (Fsp3) is 0.235. The number of fused-ring (bicyclic) bond motifs is 3. The van der Waals surface area contributed by atoms with Crippen LogP contribution in [0.2, 0.25) is 0 Å². The first-order chi connectivity index (χ1) is 11.3. The van der Waals surface area contributed by atoms with Crippen LogP contribution in [-0.4, -0.2) is 25.8 Å². The maximum absolute atomic E-state index is 10.9. The van der Waals surface area contributed by atoms with Crippen LogP contribution in [-0.2, 0) is 6.54 Å². The molecule has 1 aliphatic rings. The number of H-pyrrole nitrogens is 1. The molecule has 4 aromatic heterocycles. The van der Waals surface area contributed by atoms with Crippen LogP contribution < -0.4 is 0 Å². The topological polar surface area (TPSA) is 76.7 Å². The van der Waals surface area contributed by atoms with E-state index < -0.39 is 0 Å². The molecule has 6 heteroatoms. The fourth-order valence-corrected chi connectivity index (χ4v) is 3.09. The minimum Gasteiger partial charge on any atom is -0.450 e. The highest BCUT2D eigenvalue weighted by molar-refractivity contribution is 6.02. The zero-order chi connectivity index (χ0) is 15.4. The third-order valence-corrected chi connectivity index (χ3v) is 4.39. The Morgan fingerprint density at radius 2 is 2.26 bits per heavy atom. The molecule has 23 heavy (non-hydrogen) atoms. The fourth-order valence-electron chi connectivity index (χ4n) is 3.09. The van der Waals surface area contributed by atoms with Gasteiger partial charge in [-0.05, 0) is 37.0 Å². The molecule has 0 aromatic carbocycles. The maximum atomic E-state index is 10.9. The highest BCUT2D eigenvalue weighted by Crippen LogP contribution is 2.36. The number of imidazole rings is 1. The molecule has 1 saturated carbocycles. The molecule has 4 heterocycles. The second kappa shape index (κ2) is 4.55. The Balaban J connectivity index is 1.81. The lowest BCUT2D eigenvalue weighted by Gasteiger charge is -2.07. The van der Waals surface area contributed by atoms with Crippen molar-refractivity contribution >= 4 is 28.4 Å². The molecule has 0 aliphatic heterocycles. The van der Waals surface area contributed by atoms with E-state index in [2.05, 4.69) is 14.5 Å². The lowest BCUT2D eigenvalue weighted by molar-refractivity contribution is 0.110. The van der Waals surface area contributed by atoms with Gasteiger partial charge in [0.05, 0.1) is 11.7 Å². The van der Waals surface area contributed by atoms with Gasteiger partial charge >= 0.3 is 0 Å². The Kier molecular flexibility index (Phi) is 2.50. The molecule has 0 bridgehead atoms. The third kappa shape index (κ3) is 1.91. The minimum absolute atomic E-state index is 0.315. The number of hydrogen-bond donors (Lipinski definition) is 1. The molecule has 114 valence electrons. The number of carbonyl (C=O) groups is 1. The first-order valence-corrected chi connectivity index (χ1v) is 7.71. The Hall–Kier alpha value is -2.89. The Morgan fingerprint density at radius 1 is 1.35 bits per heavy atom. The van der Waals surface area contributed by atoms with Crippen molar-refractivity contribution in [2.75, 3.05) is 0 Å². The van der Waals surface area contributed by atoms with Crippen molar-refractivity contribution in [3.63, 3.8) is 0 Å². The van der Waals surface area contributed by atoms with E-state index in [1.165, 1.54) is 12.8 Å². The summed E-state index contributed by atoms with van der Waals surface area (Å²) in [4.78, 5) is 23.2. The van der Waals surface area contributed by atoms with Gasteiger partial charge in [-0.15, -0.1) is 0 Å². The van der Waals surface area contributed by atoms with Crippen molar-refractivity contribution in [1.29, 1.82) is 0 Å². The lowest BCUT2D eigenvalue weighted by Crippen LogP contribution is -2.02. The van der Waals surface area contributed by atoms with E-state index in [1.807, 2.05) is 12.3 Å². The van der Waals surface area contributed by atoms with Gasteiger partial charge in [0.15, 0.2) is 23.6 Å². The molecule has 1 aliphatic carbocycles. The van der Waals surface area contributed by atoms with Crippen LogP contribution >= 0.6 is 0 Å². The molecule has 0 atom stereocenters. The maximum Gasteiger partial charge on any atom is 0.185 e. The highest BCUT2D eigenvalue weighted by atomic mass is 16.3. The average Bonchev–Trinajstić information content (AvgIpc) is 2.99. The average molecular weight is 306 g/mol. The van der Waals surface area contributed by atoms with Gasteiger partial charge in [0.25, 0.3) is 0 Å². The predicted molar refractivity (Wildman–Crippen MR) is 85.2 cm³/mol. The van der Waals surface area contributed by atoms with Gasteiger partial charge in [0.1, 0.15) is 11.2 Å². The van der Waals surface area contributed by atoms with Crippen LogP contribution in [0, 0.1) is 5.92 Å². The summed E-state index contributed by atoms with van der Waals surface area (Å²) in [5, 5.41) is 1.06. The minimum atomic E-state index is 0.315. The van der Waals surface area contributed by atoms with Crippen molar-refractivity contribution in [1.82, 2.24) is 19.5 Å². The Bertz CT molecular complexity index is 1040. The van der Waals surface area contributed by atoms with Gasteiger partial charge < -0.3 is 14.0 Å². The van der Waals surface area contributed by atoms with E-state index in [1.54, 1.807) is 18.3 Å². The summed E-state index contributed by atoms with van der Waals surface area (Å²) in [6.07, 6.45) is 6.88. The third-order valence-electron chi connectivity index (χ3n) is 4.39. The van der Waals surface area contributed by atoms with Crippen molar-refractivity contribution in [2.24, 2.45) is 5.92 Å². The van der Waals surface area contributed by atoms with Gasteiger partial charge in [-0.2, -0.15) is 0 Å². The molecule has 0 spiro atoms. The van der Waals surface area contributed by atoms with E-state index >= 15 is 0 Å². The quantitative estimate of drug-likeness (QED) is 0.586. The van der Waals surface area contributed by atoms with Crippen LogP contribution in [0.3, 0.4) is 0 Å². The van der Waals surface area contributed by atoms with Crippen LogP contribution in [0.25, 0.3) is 33.7 Å². The van der Waals surface area contributed by atoms with Crippen molar-refractivity contribution in [3.8, 4) is 11.6 Å². The Labute approximate surface area is 131 Å². The number of aromatic nitrogens is 4. The number of nitrogens with zero attached hydrogens (tertiary/aromatic N) is 3. The summed E-state index contributed by atoms with van der Waals surface area (Å²) >= 11 is 0. The number of furan rings is 1. The SMILES string of the molecule is O=Cc1ccc(-c2nc3cnc4[nH]ccc4c3n2CC2CC2)o1. The van der Waals surface area contributed by atoms with Crippen molar-refractivity contribution in [3.05, 3.63) is 36.4 Å². The summed E-state index contributed by atoms with van der Waals surface area (Å²) in [5.74, 6) is 2.38. The first-order valence-electron chi connectivity index (χ1n) is 7.71. The van der Waals surface area contributed by atoms with Gasteiger partial charge in [0.2, 0.25) is 0 Å². The van der Waals surface area contributed by atoms with E-state index in [0.717, 1.165) is 34.4 Å². The predicted octanol–water partition coefficient (Wildman–Crippen LogP) is 3.40. The van der Waals surface area contributed by atoms with Crippen LogP contribution in [0.1, 0.15) is 23.4 Å². The summed E-state index contributed by atoms with van der Waals surface area (Å²) in [6, 6.07) is 5.50. The van der Waals surface area contributed by atoms with Gasteiger partial charge in [-0.1, -0.05) is 0 Å². The molecule has 1 N–H and O–H groups in total. The molecule has 0 unspecified atom stereocenters. The molecule has 4 aromatic rings. The van der Waals surface area contributed by atoms with Crippen molar-refractivity contribution < 1.29 is 9.21 Å². The van der Waals surface area contributed by atoms with Crippen molar-refractivity contribution in [2.45, 2.75) is 19.4 Å². The molecule has 1 fully saturated rings. The van der Waals surface area contributed by atoms with Gasteiger partial charge in [0, 0.05) is 18.1 Å². The molecule has 5 rings (SSSR count). The van der Waals surface area contributed by atoms with E-state index in [-0.39, 0.29) is 0 Å². The number of pyridine rings is 1. The molecule has 0 radical (unpaired) electrons. The van der Waals surface area contributed by atoms with Crippen LogP contribution in [0.5, 0.6) is 0 Å². The summed E-state index contributed by atoms with van der Waals surface area (Å²) in [5.41, 5.74) is 2.77. The van der Waals surface area contributed by atoms with E-state index in [4.69, 9.17) is 9.40 Å². The number of aromatic amines is 1. The smallest absolute Gasteiger partial charge is 0.185 e. The number of rotatable bonds is 4. The molecule has 6 nitrogen and oxygen atoms in total. The zero-order valence-corrected chi connectivity index (χ0v) is 12.3. The summed E-state index contributed by atoms with van der Waals surface area (Å²) in [7, 11) is 0. The number of carbonyl (C=O) groups excluding carboxylic acids is 1. The molecule has 0 saturated heterocycles. The zero-order valence-electron chi connectivity index (χ0n) is 12.3. The van der Waals surface area contributed by atoms with Gasteiger partial charge in [-0.25, -0.2) is 9.97 Å². The summed E-state index contributed by atoms with van der Waals surface area (Å²) in [6.45, 7) is 0.910. The van der Waals surface area contributed by atoms with Crippen LogP contribution in [0.15, 0.2) is 35.0 Å². The van der Waals surface area contributed by atoms with Gasteiger partial charge in [-0.3, -0.25) is 4.79 Å². The molecule has 0 amide bonds. The van der Waals surface area contributed by atoms with E-state index in [9.17, 15) is 4.79 Å². The largest absolute Gasteiger partial charge is 0.450 e. The standard InChI is InChI=1S/C17H14N4O2/c22-9-11-3-4-14(23-11)17-20-13-7-19-16-12(5-6-18-16)15(13)21(17)8-10-1-2-10/h3-7,9-10H,1-2,8H2,(H,18,19). The Morgan fingerprint density at radius 3 is 3.04 bits per heavy atom. The first kappa shape index (κ1) is 12.6. The number of nitrogens with one attached hydrogen (secondary N) is 1. The van der Waals surface area contributed by atoms with E-state index in [0.29, 0.717) is 23.7 Å². The van der Waals surface area contributed by atoms with Crippen LogP contribution in [0.4, 0.5) is 0 Å². The normalized spacial score (nSPS) is 14.8. The molecular formula is C17H14N4O2. The summed E-state index contributed by atoms with van der Waals surface area (Å²) < 4.78 is 7.81. The number of hydrogen-bond acceptors (Lipinski definition) is 4. The molecular weight excluding hydrogens is 292 g/mol. The lowest BCUT2D eigenvalue weighted by atomic mass is 10.3. The highest BCUT2D eigenvalue weighted by Gasteiger charge is 2.26.